The maximum atomic E-state index is 11.6. The largest absolute Gasteiger partial charge is 0.469 e. The van der Waals surface area contributed by atoms with E-state index in [0.29, 0.717) is 12.8 Å². The Bertz CT molecular complexity index is 320. The molecule has 1 amide bonds. The zero-order valence-corrected chi connectivity index (χ0v) is 12.1. The Balaban J connectivity index is 2.67. The minimum absolute atomic E-state index is 0.0326. The predicted molar refractivity (Wildman–Crippen MR) is 73.3 cm³/mol. The molecule has 0 radical (unpaired) electrons. The minimum atomic E-state index is -0.185. The summed E-state index contributed by atoms with van der Waals surface area (Å²) in [6.07, 6.45) is 4.42. The van der Waals surface area contributed by atoms with Gasteiger partial charge in [-0.25, -0.2) is 0 Å². The first-order valence-electron chi connectivity index (χ1n) is 7.10. The molecule has 4 atom stereocenters. The molecule has 5 nitrogen and oxygen atoms in total. The Morgan fingerprint density at radius 2 is 2.11 bits per heavy atom. The summed E-state index contributed by atoms with van der Waals surface area (Å²) < 4.78 is 4.79. The van der Waals surface area contributed by atoms with Crippen molar-refractivity contribution >= 4 is 11.9 Å². The number of carbonyl (C=O) groups excluding carboxylic acids is 2. The number of hydrogen-bond acceptors (Lipinski definition) is 4. The maximum Gasteiger partial charge on any atom is 0.308 e. The molecule has 0 aliphatic heterocycles. The zero-order chi connectivity index (χ0) is 14.4. The second kappa shape index (κ2) is 7.48. The van der Waals surface area contributed by atoms with E-state index in [9.17, 15) is 9.59 Å². The highest BCUT2D eigenvalue weighted by Gasteiger charge is 2.40. The lowest BCUT2D eigenvalue weighted by molar-refractivity contribution is -0.145. The lowest BCUT2D eigenvalue weighted by Gasteiger charge is -2.27. The number of rotatable bonds is 6. The van der Waals surface area contributed by atoms with Crippen molar-refractivity contribution in [2.45, 2.75) is 58.0 Å². The molecule has 1 saturated carbocycles. The molecule has 0 saturated heterocycles. The third kappa shape index (κ3) is 4.49. The van der Waals surface area contributed by atoms with Crippen LogP contribution in [0.3, 0.4) is 0 Å². The van der Waals surface area contributed by atoms with Crippen molar-refractivity contribution in [3.63, 3.8) is 0 Å². The van der Waals surface area contributed by atoms with Crippen LogP contribution in [0.1, 0.15) is 46.0 Å². The fourth-order valence-corrected chi connectivity index (χ4v) is 3.00. The van der Waals surface area contributed by atoms with Crippen LogP contribution >= 0.6 is 0 Å². The van der Waals surface area contributed by atoms with Crippen LogP contribution in [0.5, 0.6) is 0 Å². The molecule has 1 fully saturated rings. The molecule has 0 aromatic heterocycles. The van der Waals surface area contributed by atoms with Gasteiger partial charge in [0.05, 0.1) is 13.0 Å². The van der Waals surface area contributed by atoms with E-state index in [4.69, 9.17) is 10.5 Å². The molecule has 110 valence electrons. The van der Waals surface area contributed by atoms with Gasteiger partial charge < -0.3 is 15.8 Å². The molecule has 1 aliphatic carbocycles. The highest BCUT2D eigenvalue weighted by Crippen LogP contribution is 2.34. The van der Waals surface area contributed by atoms with Crippen LogP contribution in [0.25, 0.3) is 0 Å². The van der Waals surface area contributed by atoms with Crippen molar-refractivity contribution in [3.05, 3.63) is 0 Å². The molecule has 3 N–H and O–H groups in total. The van der Waals surface area contributed by atoms with Gasteiger partial charge in [-0.15, -0.1) is 0 Å². The number of nitrogens with one attached hydrogen (secondary N) is 1. The summed E-state index contributed by atoms with van der Waals surface area (Å²) in [6.45, 7) is 3.65. The topological polar surface area (TPSA) is 81.4 Å². The Labute approximate surface area is 115 Å². The van der Waals surface area contributed by atoms with Crippen LogP contribution in [0.2, 0.25) is 0 Å². The van der Waals surface area contributed by atoms with Crippen molar-refractivity contribution in [1.29, 1.82) is 0 Å². The maximum absolute atomic E-state index is 11.6. The fourth-order valence-electron chi connectivity index (χ4n) is 3.00. The molecular formula is C14H26N2O3. The first-order chi connectivity index (χ1) is 8.99. The van der Waals surface area contributed by atoms with Crippen LogP contribution in [-0.2, 0) is 14.3 Å². The number of unbranched alkanes of at least 4 members (excludes halogenated alkanes) is 1. The van der Waals surface area contributed by atoms with Crippen molar-refractivity contribution < 1.29 is 14.3 Å². The molecule has 5 heteroatoms. The zero-order valence-electron chi connectivity index (χ0n) is 12.1. The molecule has 1 rings (SSSR count). The van der Waals surface area contributed by atoms with Gasteiger partial charge in [0.25, 0.3) is 0 Å². The lowest BCUT2D eigenvalue weighted by atomic mass is 9.90. The third-order valence-electron chi connectivity index (χ3n) is 3.97. The quantitative estimate of drug-likeness (QED) is 0.711. The van der Waals surface area contributed by atoms with Gasteiger partial charge in [0.1, 0.15) is 0 Å². The van der Waals surface area contributed by atoms with E-state index in [1.807, 2.05) is 0 Å². The number of ether oxygens (including phenoxy) is 1. The Morgan fingerprint density at radius 1 is 1.42 bits per heavy atom. The van der Waals surface area contributed by atoms with Crippen molar-refractivity contribution in [3.8, 4) is 0 Å². The summed E-state index contributed by atoms with van der Waals surface area (Å²) in [5, 5.41) is 2.99. The predicted octanol–water partition coefficient (Wildman–Crippen LogP) is 1.21. The molecule has 0 spiro atoms. The smallest absolute Gasteiger partial charge is 0.308 e. The first-order valence-corrected chi connectivity index (χ1v) is 7.10. The Morgan fingerprint density at radius 3 is 2.63 bits per heavy atom. The van der Waals surface area contributed by atoms with Gasteiger partial charge in [-0.05, 0) is 25.2 Å². The number of hydrogen-bond donors (Lipinski definition) is 2. The van der Waals surface area contributed by atoms with Crippen molar-refractivity contribution in [2.75, 3.05) is 7.11 Å². The van der Waals surface area contributed by atoms with Gasteiger partial charge in [-0.1, -0.05) is 19.8 Å². The SMILES string of the molecule is CCCC[C@@H](NC(C)=O)[C@@H]1C[C@@H](C(=O)OC)C[C@H]1N. The average molecular weight is 270 g/mol. The summed E-state index contributed by atoms with van der Waals surface area (Å²) in [5.41, 5.74) is 6.15. The van der Waals surface area contributed by atoms with Crippen LogP contribution < -0.4 is 11.1 Å². The number of esters is 1. The van der Waals surface area contributed by atoms with E-state index in [1.165, 1.54) is 14.0 Å². The van der Waals surface area contributed by atoms with E-state index in [-0.39, 0.29) is 35.8 Å². The Kier molecular flexibility index (Phi) is 6.28. The molecular weight excluding hydrogens is 244 g/mol. The van der Waals surface area contributed by atoms with Crippen molar-refractivity contribution in [2.24, 2.45) is 17.6 Å². The normalized spacial score (nSPS) is 27.9. The van der Waals surface area contributed by atoms with E-state index >= 15 is 0 Å². The first kappa shape index (κ1) is 16.0. The Hall–Kier alpha value is -1.10. The van der Waals surface area contributed by atoms with E-state index in [0.717, 1.165) is 19.3 Å². The van der Waals surface area contributed by atoms with Crippen molar-refractivity contribution in [1.82, 2.24) is 5.32 Å². The highest BCUT2D eigenvalue weighted by atomic mass is 16.5. The summed E-state index contributed by atoms with van der Waals surface area (Å²) >= 11 is 0. The molecule has 0 aromatic carbocycles. The molecule has 0 unspecified atom stereocenters. The van der Waals surface area contributed by atoms with Crippen LogP contribution in [0.15, 0.2) is 0 Å². The van der Waals surface area contributed by atoms with Gasteiger partial charge in [0.15, 0.2) is 0 Å². The number of nitrogens with two attached hydrogens (primary N) is 1. The van der Waals surface area contributed by atoms with E-state index in [2.05, 4.69) is 12.2 Å². The summed E-state index contributed by atoms with van der Waals surface area (Å²) in [4.78, 5) is 22.9. The molecule has 1 aliphatic rings. The third-order valence-corrected chi connectivity index (χ3v) is 3.97. The molecule has 0 heterocycles. The monoisotopic (exact) mass is 270 g/mol. The highest BCUT2D eigenvalue weighted by molar-refractivity contribution is 5.74. The van der Waals surface area contributed by atoms with Crippen LogP contribution in [0, 0.1) is 11.8 Å². The average Bonchev–Trinajstić information content (AvgIpc) is 2.75. The summed E-state index contributed by atoms with van der Waals surface area (Å²) in [7, 11) is 1.41. The second-order valence-electron chi connectivity index (χ2n) is 5.47. The van der Waals surface area contributed by atoms with Crippen LogP contribution in [-0.4, -0.2) is 31.1 Å². The van der Waals surface area contributed by atoms with Gasteiger partial charge in [-0.3, -0.25) is 9.59 Å². The molecule has 0 aromatic rings. The molecule has 19 heavy (non-hydrogen) atoms. The number of carbonyl (C=O) groups is 2. The van der Waals surface area contributed by atoms with Crippen LogP contribution in [0.4, 0.5) is 0 Å². The minimum Gasteiger partial charge on any atom is -0.469 e. The van der Waals surface area contributed by atoms with Gasteiger partial charge in [-0.2, -0.15) is 0 Å². The molecule has 0 bridgehead atoms. The lowest BCUT2D eigenvalue weighted by Crippen LogP contribution is -2.44. The van der Waals surface area contributed by atoms with E-state index in [1.54, 1.807) is 0 Å². The summed E-state index contributed by atoms with van der Waals surface area (Å²) in [6, 6.07) is 0.0277. The van der Waals surface area contributed by atoms with Gasteiger partial charge >= 0.3 is 5.97 Å². The fraction of sp³-hybridized carbons (Fsp3) is 0.857. The van der Waals surface area contributed by atoms with Gasteiger partial charge in [0, 0.05) is 19.0 Å². The second-order valence-corrected chi connectivity index (χ2v) is 5.47. The number of amides is 1. The number of methoxy groups -OCH3 is 1. The summed E-state index contributed by atoms with van der Waals surface area (Å²) in [5.74, 6) is -0.174. The standard InChI is InChI=1S/C14H26N2O3/c1-4-5-6-13(16-9(2)17)11-7-10(8-12(11)15)14(18)19-3/h10-13H,4-8,15H2,1-3H3,(H,16,17)/t10-,11-,12-,13-/m1/s1. The van der Waals surface area contributed by atoms with Gasteiger partial charge in [0.2, 0.25) is 5.91 Å². The van der Waals surface area contributed by atoms with E-state index < -0.39 is 0 Å².